The van der Waals surface area contributed by atoms with Crippen LogP contribution >= 0.6 is 0 Å². The van der Waals surface area contributed by atoms with Gasteiger partial charge in [-0.15, -0.1) is 0 Å². The van der Waals surface area contributed by atoms with Gasteiger partial charge in [-0.2, -0.15) is 0 Å². The first kappa shape index (κ1) is 28.2. The fourth-order valence-corrected chi connectivity index (χ4v) is 9.20. The molecule has 65 heavy (non-hydrogen) atoms. The van der Waals surface area contributed by atoms with Gasteiger partial charge in [-0.1, -0.05) is 218 Å². The average Bonchev–Trinajstić information content (AvgIpc) is 3.51. The number of benzene rings is 12. The number of fused-ring (bicyclic) bond motifs is 5. The lowest BCUT2D eigenvalue weighted by atomic mass is 9.84. The third-order valence-corrected chi connectivity index (χ3v) is 12.2. The molecule has 12 aromatic carbocycles. The molecule has 1 heteroatoms. The zero-order valence-electron chi connectivity index (χ0n) is 45.9. The Bertz CT molecular complexity index is 4290. The Morgan fingerprint density at radius 3 is 1.54 bits per heavy atom. The molecule has 0 unspecified atom stereocenters. The van der Waals surface area contributed by atoms with E-state index in [0.29, 0.717) is 11.4 Å². The predicted octanol–water partition coefficient (Wildman–Crippen LogP) is 18.1. The van der Waals surface area contributed by atoms with Crippen LogP contribution in [0.3, 0.4) is 0 Å². The fraction of sp³-hybridized carbons (Fsp3) is 0. The van der Waals surface area contributed by atoms with Crippen LogP contribution in [0, 0.1) is 0 Å². The largest absolute Gasteiger partial charge is 0.311 e. The second-order valence-corrected chi connectivity index (χ2v) is 16.0. The van der Waals surface area contributed by atoms with Crippen molar-refractivity contribution in [2.45, 2.75) is 0 Å². The van der Waals surface area contributed by atoms with Crippen molar-refractivity contribution in [2.75, 3.05) is 4.90 Å². The van der Waals surface area contributed by atoms with Gasteiger partial charge >= 0.3 is 0 Å². The molecule has 12 rings (SSSR count). The van der Waals surface area contributed by atoms with Crippen LogP contribution in [0.4, 0.5) is 17.1 Å². The second-order valence-electron chi connectivity index (χ2n) is 16.0. The van der Waals surface area contributed by atoms with Crippen molar-refractivity contribution in [3.8, 4) is 55.6 Å². The Kier molecular flexibility index (Phi) is 7.08. The summed E-state index contributed by atoms with van der Waals surface area (Å²) in [6, 6.07) is 59.0. The lowest BCUT2D eigenvalue weighted by Crippen LogP contribution is -2.09. The van der Waals surface area contributed by atoms with E-state index in [1.165, 1.54) is 0 Å². The van der Waals surface area contributed by atoms with E-state index in [0.717, 1.165) is 76.8 Å². The molecule has 0 aliphatic rings. The Morgan fingerprint density at radius 2 is 0.815 bits per heavy atom. The molecule has 12 aromatic rings. The maximum atomic E-state index is 9.72. The summed E-state index contributed by atoms with van der Waals surface area (Å²) < 4.78 is 99.4. The van der Waals surface area contributed by atoms with Crippen LogP contribution in [0.25, 0.3) is 98.7 Å². The van der Waals surface area contributed by atoms with Crippen LogP contribution in [0.2, 0.25) is 0 Å². The summed E-state index contributed by atoms with van der Waals surface area (Å²) in [5.41, 5.74) is 8.36. The van der Waals surface area contributed by atoms with Gasteiger partial charge in [0.15, 0.2) is 0 Å². The summed E-state index contributed by atoms with van der Waals surface area (Å²) in [6.07, 6.45) is 0. The molecule has 0 heterocycles. The molecule has 0 spiro atoms. The van der Waals surface area contributed by atoms with Crippen LogP contribution < -0.4 is 4.90 Å². The third-order valence-electron chi connectivity index (χ3n) is 12.2. The molecule has 0 N–H and O–H groups in total. The van der Waals surface area contributed by atoms with Gasteiger partial charge in [-0.25, -0.2) is 0 Å². The van der Waals surface area contributed by atoms with E-state index >= 15 is 0 Å². The minimum Gasteiger partial charge on any atom is -0.311 e. The molecule has 0 bridgehead atoms. The summed E-state index contributed by atoms with van der Waals surface area (Å²) in [6.45, 7) is 0. The molecular weight excluding hydrogens is 783 g/mol. The standard InChI is InChI=1S/C64H43N/c1-3-17-49(18-4-1)63-61-26-12-11-25-59(61)60-42-35-51(43-62(60)64(63)50-19-5-2-6-20-50)44-29-36-52(37-30-44)65(53-38-31-47(32-39-53)57-27-13-21-45-15-7-9-23-55(45)57)54-40-33-48(34-41-54)58-28-14-22-46-16-8-10-24-56(46)58/h1-43H/i7D,9D,13D,15D,21D,23D,27D,31D,32D,38D,39D. The van der Waals surface area contributed by atoms with Gasteiger partial charge in [-0.05, 0) is 141 Å². The topological polar surface area (TPSA) is 3.24 Å². The van der Waals surface area contributed by atoms with E-state index in [4.69, 9.17) is 9.60 Å². The number of anilines is 3. The van der Waals surface area contributed by atoms with Gasteiger partial charge in [0.1, 0.15) is 0 Å². The van der Waals surface area contributed by atoms with E-state index in [-0.39, 0.29) is 22.0 Å². The molecule has 0 radical (unpaired) electrons. The zero-order chi connectivity index (χ0) is 52.7. The van der Waals surface area contributed by atoms with Crippen LogP contribution in [0.5, 0.6) is 0 Å². The van der Waals surface area contributed by atoms with E-state index in [9.17, 15) is 5.48 Å². The summed E-state index contributed by atoms with van der Waals surface area (Å²) in [7, 11) is 0. The Balaban J connectivity index is 1.05. The predicted molar refractivity (Wildman–Crippen MR) is 278 cm³/mol. The molecule has 0 fully saturated rings. The van der Waals surface area contributed by atoms with E-state index < -0.39 is 72.0 Å². The maximum absolute atomic E-state index is 9.72. The first-order chi connectivity index (χ1) is 36.8. The molecule has 0 saturated carbocycles. The smallest absolute Gasteiger partial charge is 0.0645 e. The first-order valence-electron chi connectivity index (χ1n) is 27.0. The van der Waals surface area contributed by atoms with Crippen molar-refractivity contribution in [1.29, 1.82) is 0 Å². The van der Waals surface area contributed by atoms with Gasteiger partial charge in [-0.3, -0.25) is 0 Å². The summed E-state index contributed by atoms with van der Waals surface area (Å²) >= 11 is 0. The summed E-state index contributed by atoms with van der Waals surface area (Å²) in [5, 5.41) is 5.95. The van der Waals surface area contributed by atoms with Crippen molar-refractivity contribution in [1.82, 2.24) is 0 Å². The van der Waals surface area contributed by atoms with Crippen LogP contribution in [0.1, 0.15) is 15.1 Å². The highest BCUT2D eigenvalue weighted by molar-refractivity contribution is 6.22. The maximum Gasteiger partial charge on any atom is 0.0645 e. The van der Waals surface area contributed by atoms with Gasteiger partial charge in [0.2, 0.25) is 0 Å². The Hall–Kier alpha value is -8.52. The molecule has 0 aromatic heterocycles. The average molecular weight is 837 g/mol. The Morgan fingerprint density at radius 1 is 0.262 bits per heavy atom. The highest BCUT2D eigenvalue weighted by Crippen LogP contribution is 2.46. The molecule has 304 valence electrons. The van der Waals surface area contributed by atoms with Crippen LogP contribution in [0.15, 0.2) is 261 Å². The van der Waals surface area contributed by atoms with E-state index in [2.05, 4.69) is 115 Å². The van der Waals surface area contributed by atoms with Gasteiger partial charge < -0.3 is 4.90 Å². The molecule has 0 aliphatic heterocycles. The summed E-state index contributed by atoms with van der Waals surface area (Å²) in [5.74, 6) is 0. The minimum atomic E-state index is -0.672. The second kappa shape index (κ2) is 16.3. The lowest BCUT2D eigenvalue weighted by Gasteiger charge is -2.26. The molecule has 0 atom stereocenters. The van der Waals surface area contributed by atoms with Crippen molar-refractivity contribution in [3.05, 3.63) is 261 Å². The van der Waals surface area contributed by atoms with Gasteiger partial charge in [0.25, 0.3) is 0 Å². The van der Waals surface area contributed by atoms with Gasteiger partial charge in [0, 0.05) is 17.1 Å². The Labute approximate surface area is 395 Å². The normalized spacial score (nSPS) is 13.8. The van der Waals surface area contributed by atoms with Crippen LogP contribution in [-0.2, 0) is 0 Å². The fourth-order valence-electron chi connectivity index (χ4n) is 9.20. The number of hydrogen-bond acceptors (Lipinski definition) is 1. The van der Waals surface area contributed by atoms with Gasteiger partial charge in [0.05, 0.1) is 15.1 Å². The third kappa shape index (κ3) is 6.92. The van der Waals surface area contributed by atoms with E-state index in [1.54, 1.807) is 4.90 Å². The zero-order valence-corrected chi connectivity index (χ0v) is 34.9. The SMILES string of the molecule is [2H]c1c([2H])c(N(c2ccc(-c3ccc4c(c3)c(-c3ccccc3)c(-c3ccccc3)c3ccccc34)cc2)c2ccc(-c3cccc4ccccc34)cc2)c([2H])c([2H])c1-c1c([2H])c([2H])c([2H])c2c([2H])c([2H])c([2H])c([2H])c12. The first-order valence-corrected chi connectivity index (χ1v) is 21.5. The van der Waals surface area contributed by atoms with Crippen molar-refractivity contribution in [2.24, 2.45) is 0 Å². The van der Waals surface area contributed by atoms with E-state index in [1.807, 2.05) is 78.9 Å². The lowest BCUT2D eigenvalue weighted by molar-refractivity contribution is 1.28. The van der Waals surface area contributed by atoms with Crippen molar-refractivity contribution in [3.63, 3.8) is 0 Å². The highest BCUT2D eigenvalue weighted by atomic mass is 15.1. The number of rotatable bonds is 8. The molecule has 0 saturated heterocycles. The molecule has 1 nitrogen and oxygen atoms in total. The van der Waals surface area contributed by atoms with Crippen LogP contribution in [-0.4, -0.2) is 0 Å². The van der Waals surface area contributed by atoms with Crippen molar-refractivity contribution >= 4 is 60.2 Å². The monoisotopic (exact) mass is 836 g/mol. The molecular formula is C64H43N. The number of nitrogens with zero attached hydrogens (tertiary/aromatic N) is 1. The summed E-state index contributed by atoms with van der Waals surface area (Å²) in [4.78, 5) is 1.67. The quantitative estimate of drug-likeness (QED) is 0.138. The highest BCUT2D eigenvalue weighted by Gasteiger charge is 2.19. The van der Waals surface area contributed by atoms with Crippen molar-refractivity contribution < 1.29 is 15.1 Å². The molecule has 0 amide bonds. The number of hydrogen-bond donors (Lipinski definition) is 0. The minimum absolute atomic E-state index is 0.108. The molecule has 0 aliphatic carbocycles.